The lowest BCUT2D eigenvalue weighted by Crippen LogP contribution is -2.28. The zero-order valence-electron chi connectivity index (χ0n) is 8.88. The number of hydrogen-bond acceptors (Lipinski definition) is 1. The van der Waals surface area contributed by atoms with E-state index in [1.807, 2.05) is 4.90 Å². The van der Waals surface area contributed by atoms with Gasteiger partial charge in [-0.1, -0.05) is 20.3 Å². The van der Waals surface area contributed by atoms with Crippen molar-refractivity contribution in [3.05, 3.63) is 0 Å². The van der Waals surface area contributed by atoms with Gasteiger partial charge < -0.3 is 4.90 Å². The van der Waals surface area contributed by atoms with E-state index in [1.54, 1.807) is 0 Å². The molecule has 1 heterocycles. The van der Waals surface area contributed by atoms with Crippen LogP contribution in [0.3, 0.4) is 0 Å². The van der Waals surface area contributed by atoms with Gasteiger partial charge in [-0.15, -0.1) is 0 Å². The van der Waals surface area contributed by atoms with Gasteiger partial charge in [-0.2, -0.15) is 0 Å². The zero-order valence-corrected chi connectivity index (χ0v) is 8.88. The van der Waals surface area contributed by atoms with Gasteiger partial charge in [0.25, 0.3) is 0 Å². The number of amides is 1. The average molecular weight is 183 g/mol. The normalized spacial score (nSPS) is 22.3. The third-order valence-electron chi connectivity index (χ3n) is 2.80. The minimum Gasteiger partial charge on any atom is -0.342 e. The summed E-state index contributed by atoms with van der Waals surface area (Å²) in [5.74, 6) is 1.15. The van der Waals surface area contributed by atoms with E-state index < -0.39 is 0 Å². The summed E-state index contributed by atoms with van der Waals surface area (Å²) in [7, 11) is 0. The fourth-order valence-electron chi connectivity index (χ4n) is 2.08. The molecule has 0 bridgehead atoms. The number of likely N-dealkylation sites (tertiary alicyclic amines) is 1. The van der Waals surface area contributed by atoms with Crippen molar-refractivity contribution in [1.29, 1.82) is 0 Å². The summed E-state index contributed by atoms with van der Waals surface area (Å²) in [6, 6.07) is 0. The Bertz CT molecular complexity index is 167. The van der Waals surface area contributed by atoms with E-state index in [1.165, 1.54) is 19.3 Å². The predicted octanol–water partition coefficient (Wildman–Crippen LogP) is 2.44. The Kier molecular flexibility index (Phi) is 4.26. The summed E-state index contributed by atoms with van der Waals surface area (Å²) in [5, 5.41) is 0. The molecule has 1 unspecified atom stereocenters. The number of carbonyl (C=O) groups is 1. The summed E-state index contributed by atoms with van der Waals surface area (Å²) in [5.41, 5.74) is 0. The molecule has 1 fully saturated rings. The van der Waals surface area contributed by atoms with Crippen LogP contribution >= 0.6 is 0 Å². The maximum atomic E-state index is 11.5. The van der Waals surface area contributed by atoms with Gasteiger partial charge in [0.2, 0.25) is 5.91 Å². The van der Waals surface area contributed by atoms with Crippen molar-refractivity contribution in [2.45, 2.75) is 46.0 Å². The maximum absolute atomic E-state index is 11.5. The highest BCUT2D eigenvalue weighted by molar-refractivity contribution is 5.76. The van der Waals surface area contributed by atoms with E-state index in [9.17, 15) is 4.79 Å². The highest BCUT2D eigenvalue weighted by Crippen LogP contribution is 2.21. The minimum absolute atomic E-state index is 0.362. The van der Waals surface area contributed by atoms with E-state index in [-0.39, 0.29) is 0 Å². The Morgan fingerprint density at radius 1 is 1.38 bits per heavy atom. The summed E-state index contributed by atoms with van der Waals surface area (Å²) in [4.78, 5) is 13.6. The summed E-state index contributed by atoms with van der Waals surface area (Å²) in [6.45, 7) is 6.31. The molecule has 13 heavy (non-hydrogen) atoms. The quantitative estimate of drug-likeness (QED) is 0.655. The van der Waals surface area contributed by atoms with Crippen LogP contribution in [0.15, 0.2) is 0 Å². The van der Waals surface area contributed by atoms with Crippen LogP contribution < -0.4 is 0 Å². The minimum atomic E-state index is 0.362. The molecule has 1 aliphatic heterocycles. The van der Waals surface area contributed by atoms with Crippen LogP contribution in [0.5, 0.6) is 0 Å². The lowest BCUT2D eigenvalue weighted by atomic mass is 10.0. The number of nitrogens with zero attached hydrogens (tertiary/aromatic N) is 1. The van der Waals surface area contributed by atoms with Gasteiger partial charge in [-0.3, -0.25) is 4.79 Å². The van der Waals surface area contributed by atoms with Crippen LogP contribution in [-0.2, 0) is 4.79 Å². The molecule has 1 amide bonds. The van der Waals surface area contributed by atoms with E-state index in [0.717, 1.165) is 31.8 Å². The third kappa shape index (κ3) is 3.02. The van der Waals surface area contributed by atoms with E-state index >= 15 is 0 Å². The highest BCUT2D eigenvalue weighted by Gasteiger charge is 2.24. The molecule has 0 aromatic heterocycles. The first kappa shape index (κ1) is 10.6. The molecule has 1 atom stereocenters. The van der Waals surface area contributed by atoms with Crippen LogP contribution in [0, 0.1) is 5.92 Å². The van der Waals surface area contributed by atoms with Gasteiger partial charge in [0.15, 0.2) is 0 Å². The van der Waals surface area contributed by atoms with Crippen molar-refractivity contribution in [3.8, 4) is 0 Å². The van der Waals surface area contributed by atoms with Gasteiger partial charge in [-0.05, 0) is 25.2 Å². The fourth-order valence-corrected chi connectivity index (χ4v) is 2.08. The van der Waals surface area contributed by atoms with E-state index in [2.05, 4.69) is 13.8 Å². The van der Waals surface area contributed by atoms with Gasteiger partial charge in [0, 0.05) is 19.5 Å². The second kappa shape index (κ2) is 5.25. The molecule has 2 nitrogen and oxygen atoms in total. The SMILES string of the molecule is CCCC(=O)N1CCC(CCC)C1. The monoisotopic (exact) mass is 183 g/mol. The molecule has 2 heteroatoms. The van der Waals surface area contributed by atoms with Crippen molar-refractivity contribution in [2.24, 2.45) is 5.92 Å². The summed E-state index contributed by atoms with van der Waals surface area (Å²) >= 11 is 0. The van der Waals surface area contributed by atoms with E-state index in [0.29, 0.717) is 5.91 Å². The molecule has 1 aliphatic rings. The van der Waals surface area contributed by atoms with Gasteiger partial charge in [0.05, 0.1) is 0 Å². The first-order valence-electron chi connectivity index (χ1n) is 5.55. The lowest BCUT2D eigenvalue weighted by molar-refractivity contribution is -0.130. The lowest BCUT2D eigenvalue weighted by Gasteiger charge is -2.15. The fraction of sp³-hybridized carbons (Fsp3) is 0.909. The Morgan fingerprint density at radius 2 is 2.15 bits per heavy atom. The van der Waals surface area contributed by atoms with Gasteiger partial charge in [-0.25, -0.2) is 0 Å². The van der Waals surface area contributed by atoms with Gasteiger partial charge >= 0.3 is 0 Å². The van der Waals surface area contributed by atoms with Crippen LogP contribution in [0.4, 0.5) is 0 Å². The molecule has 1 saturated heterocycles. The molecular formula is C11H21NO. The molecule has 0 aliphatic carbocycles. The number of rotatable bonds is 4. The van der Waals surface area contributed by atoms with Crippen LogP contribution in [0.1, 0.15) is 46.0 Å². The first-order chi connectivity index (χ1) is 6.27. The Hall–Kier alpha value is -0.530. The van der Waals surface area contributed by atoms with Crippen molar-refractivity contribution in [3.63, 3.8) is 0 Å². The van der Waals surface area contributed by atoms with Crippen molar-refractivity contribution in [2.75, 3.05) is 13.1 Å². The summed E-state index contributed by atoms with van der Waals surface area (Å²) < 4.78 is 0. The van der Waals surface area contributed by atoms with Crippen molar-refractivity contribution in [1.82, 2.24) is 4.90 Å². The van der Waals surface area contributed by atoms with Crippen LogP contribution in [0.25, 0.3) is 0 Å². The predicted molar refractivity (Wildman–Crippen MR) is 54.5 cm³/mol. The Labute approximate surface area is 81.3 Å². The molecular weight excluding hydrogens is 162 g/mol. The molecule has 76 valence electrons. The molecule has 0 saturated carbocycles. The molecule has 0 aromatic carbocycles. The highest BCUT2D eigenvalue weighted by atomic mass is 16.2. The standard InChI is InChI=1S/C11H21NO/c1-3-5-10-7-8-12(9-10)11(13)6-4-2/h10H,3-9H2,1-2H3. The van der Waals surface area contributed by atoms with Crippen molar-refractivity contribution >= 4 is 5.91 Å². The van der Waals surface area contributed by atoms with Crippen molar-refractivity contribution < 1.29 is 4.79 Å². The van der Waals surface area contributed by atoms with Crippen LogP contribution in [-0.4, -0.2) is 23.9 Å². The van der Waals surface area contributed by atoms with Crippen LogP contribution in [0.2, 0.25) is 0 Å². The Morgan fingerprint density at radius 3 is 2.77 bits per heavy atom. The average Bonchev–Trinajstić information content (AvgIpc) is 2.54. The maximum Gasteiger partial charge on any atom is 0.222 e. The molecule has 0 spiro atoms. The second-order valence-electron chi connectivity index (χ2n) is 4.03. The first-order valence-corrected chi connectivity index (χ1v) is 5.55. The zero-order chi connectivity index (χ0) is 9.68. The number of hydrogen-bond donors (Lipinski definition) is 0. The topological polar surface area (TPSA) is 20.3 Å². The molecule has 1 rings (SSSR count). The second-order valence-corrected chi connectivity index (χ2v) is 4.03. The smallest absolute Gasteiger partial charge is 0.222 e. The Balaban J connectivity index is 2.27. The number of carbonyl (C=O) groups excluding carboxylic acids is 1. The molecule has 0 aromatic rings. The van der Waals surface area contributed by atoms with Gasteiger partial charge in [0.1, 0.15) is 0 Å². The largest absolute Gasteiger partial charge is 0.342 e. The summed E-state index contributed by atoms with van der Waals surface area (Å²) in [6.07, 6.45) is 5.48. The third-order valence-corrected chi connectivity index (χ3v) is 2.80. The molecule has 0 radical (unpaired) electrons. The van der Waals surface area contributed by atoms with E-state index in [4.69, 9.17) is 0 Å². The molecule has 0 N–H and O–H groups in total.